The highest BCUT2D eigenvalue weighted by Gasteiger charge is 2.08. The summed E-state index contributed by atoms with van der Waals surface area (Å²) < 4.78 is 0.793. The molecule has 0 aliphatic carbocycles. The molecule has 6 heteroatoms. The molecule has 0 unspecified atom stereocenters. The molecule has 0 bridgehead atoms. The van der Waals surface area contributed by atoms with Gasteiger partial charge in [0.05, 0.1) is 10.2 Å². The van der Waals surface area contributed by atoms with Gasteiger partial charge < -0.3 is 16.2 Å². The predicted molar refractivity (Wildman–Crippen MR) is 79.4 cm³/mol. The van der Waals surface area contributed by atoms with Crippen molar-refractivity contribution in [3.8, 4) is 0 Å². The molecule has 19 heavy (non-hydrogen) atoms. The fraction of sp³-hybridized carbons (Fsp3) is 0.231. The molecule has 0 atom stereocenters. The Bertz CT molecular complexity index is 572. The highest BCUT2D eigenvalue weighted by Crippen LogP contribution is 2.26. The zero-order chi connectivity index (χ0) is 13.8. The summed E-state index contributed by atoms with van der Waals surface area (Å²) >= 11 is 3.44. The Morgan fingerprint density at radius 2 is 1.95 bits per heavy atom. The van der Waals surface area contributed by atoms with Crippen LogP contribution < -0.4 is 11.1 Å². The molecule has 0 aliphatic rings. The number of benzene rings is 1. The topological polar surface area (TPSA) is 84.1 Å². The number of hydrogen-bond donors (Lipinski definition) is 3. The summed E-state index contributed by atoms with van der Waals surface area (Å²) in [5.74, 6) is 0.875. The average molecular weight is 323 g/mol. The largest absolute Gasteiger partial charge is 0.396 e. The molecule has 100 valence electrons. The van der Waals surface area contributed by atoms with E-state index in [9.17, 15) is 0 Å². The van der Waals surface area contributed by atoms with Gasteiger partial charge in [-0.2, -0.15) is 4.98 Å². The van der Waals surface area contributed by atoms with Crippen LogP contribution in [0.3, 0.4) is 0 Å². The minimum Gasteiger partial charge on any atom is -0.396 e. The summed E-state index contributed by atoms with van der Waals surface area (Å²) in [6.45, 7) is 2.01. The second-order valence-electron chi connectivity index (χ2n) is 4.13. The van der Waals surface area contributed by atoms with Gasteiger partial charge in [0, 0.05) is 12.3 Å². The van der Waals surface area contributed by atoms with E-state index in [0.29, 0.717) is 12.2 Å². The number of nitrogen functional groups attached to an aromatic ring is 1. The molecule has 2 rings (SSSR count). The summed E-state index contributed by atoms with van der Waals surface area (Å²) in [6.07, 6.45) is 0.656. The number of aryl methyl sites for hydroxylation is 1. The Morgan fingerprint density at radius 1 is 1.26 bits per heavy atom. The van der Waals surface area contributed by atoms with E-state index < -0.39 is 0 Å². The molecule has 0 spiro atoms. The van der Waals surface area contributed by atoms with Crippen molar-refractivity contribution in [2.75, 3.05) is 17.7 Å². The third-order valence-electron chi connectivity index (χ3n) is 2.65. The Labute approximate surface area is 120 Å². The predicted octanol–water partition coefficient (Wildman–Crippen LogP) is 2.41. The first-order valence-electron chi connectivity index (χ1n) is 5.86. The van der Waals surface area contributed by atoms with Crippen LogP contribution in [0, 0.1) is 6.92 Å². The first kappa shape index (κ1) is 13.8. The first-order chi connectivity index (χ1) is 9.10. The van der Waals surface area contributed by atoms with Crippen LogP contribution in [0.4, 0.5) is 17.5 Å². The fourth-order valence-electron chi connectivity index (χ4n) is 1.68. The van der Waals surface area contributed by atoms with Crippen molar-refractivity contribution in [1.29, 1.82) is 0 Å². The van der Waals surface area contributed by atoms with E-state index in [1.807, 2.05) is 31.2 Å². The standard InChI is InChI=1S/C13H15BrN4O/c1-8-11(14)12(18-13(15)16-8)17-10-4-2-9(3-5-10)6-7-19/h2-5,19H,6-7H2,1H3,(H3,15,16,17,18). The first-order valence-corrected chi connectivity index (χ1v) is 6.66. The van der Waals surface area contributed by atoms with Crippen molar-refractivity contribution < 1.29 is 5.11 Å². The molecule has 1 heterocycles. The van der Waals surface area contributed by atoms with E-state index in [0.717, 1.165) is 21.4 Å². The lowest BCUT2D eigenvalue weighted by atomic mass is 10.1. The van der Waals surface area contributed by atoms with Crippen LogP contribution in [0.2, 0.25) is 0 Å². The zero-order valence-corrected chi connectivity index (χ0v) is 12.1. The number of aliphatic hydroxyl groups is 1. The van der Waals surface area contributed by atoms with Gasteiger partial charge in [0.15, 0.2) is 5.82 Å². The molecule has 0 radical (unpaired) electrons. The van der Waals surface area contributed by atoms with Gasteiger partial charge in [-0.3, -0.25) is 0 Å². The number of nitrogens with two attached hydrogens (primary N) is 1. The number of aromatic nitrogens is 2. The van der Waals surface area contributed by atoms with E-state index in [2.05, 4.69) is 31.2 Å². The van der Waals surface area contributed by atoms with Crippen LogP contribution in [0.25, 0.3) is 0 Å². The van der Waals surface area contributed by atoms with Crippen molar-refractivity contribution in [2.45, 2.75) is 13.3 Å². The van der Waals surface area contributed by atoms with E-state index >= 15 is 0 Å². The molecule has 0 saturated heterocycles. The minimum atomic E-state index is 0.153. The maximum Gasteiger partial charge on any atom is 0.222 e. The third-order valence-corrected chi connectivity index (χ3v) is 3.60. The molecule has 4 N–H and O–H groups in total. The number of anilines is 3. The molecule has 1 aromatic heterocycles. The normalized spacial score (nSPS) is 10.5. The van der Waals surface area contributed by atoms with Crippen molar-refractivity contribution in [3.05, 3.63) is 40.0 Å². The van der Waals surface area contributed by atoms with E-state index in [-0.39, 0.29) is 12.6 Å². The molecule has 0 aliphatic heterocycles. The van der Waals surface area contributed by atoms with Gasteiger partial charge >= 0.3 is 0 Å². The molecule has 2 aromatic rings. The summed E-state index contributed by atoms with van der Waals surface area (Å²) in [4.78, 5) is 8.22. The maximum absolute atomic E-state index is 8.87. The zero-order valence-electron chi connectivity index (χ0n) is 10.5. The number of rotatable bonds is 4. The molecule has 0 fully saturated rings. The van der Waals surface area contributed by atoms with Crippen LogP contribution in [0.15, 0.2) is 28.7 Å². The Balaban J connectivity index is 2.21. The second kappa shape index (κ2) is 5.99. The van der Waals surface area contributed by atoms with Crippen LogP contribution in [-0.4, -0.2) is 21.7 Å². The number of halogens is 1. The summed E-state index contributed by atoms with van der Waals surface area (Å²) in [7, 11) is 0. The van der Waals surface area contributed by atoms with E-state index in [1.165, 1.54) is 0 Å². The van der Waals surface area contributed by atoms with Gasteiger partial charge in [-0.15, -0.1) is 0 Å². The van der Waals surface area contributed by atoms with Gasteiger partial charge in [-0.05, 0) is 47.0 Å². The van der Waals surface area contributed by atoms with Gasteiger partial charge in [0.25, 0.3) is 0 Å². The van der Waals surface area contributed by atoms with Gasteiger partial charge in [-0.25, -0.2) is 4.98 Å². The average Bonchev–Trinajstić information content (AvgIpc) is 2.38. The smallest absolute Gasteiger partial charge is 0.222 e. The van der Waals surface area contributed by atoms with Crippen molar-refractivity contribution >= 4 is 33.4 Å². The van der Waals surface area contributed by atoms with Crippen LogP contribution in [-0.2, 0) is 6.42 Å². The van der Waals surface area contributed by atoms with Gasteiger partial charge in [-0.1, -0.05) is 12.1 Å². The van der Waals surface area contributed by atoms with Crippen LogP contribution in [0.5, 0.6) is 0 Å². The lowest BCUT2D eigenvalue weighted by Crippen LogP contribution is -2.03. The number of hydrogen-bond acceptors (Lipinski definition) is 5. The SMILES string of the molecule is Cc1nc(N)nc(Nc2ccc(CCO)cc2)c1Br. The number of aliphatic hydroxyl groups excluding tert-OH is 1. The van der Waals surface area contributed by atoms with Gasteiger partial charge in [0.1, 0.15) is 0 Å². The van der Waals surface area contributed by atoms with Crippen molar-refractivity contribution in [2.24, 2.45) is 0 Å². The van der Waals surface area contributed by atoms with E-state index in [1.54, 1.807) is 0 Å². The third kappa shape index (κ3) is 3.42. The lowest BCUT2D eigenvalue weighted by Gasteiger charge is -2.10. The highest BCUT2D eigenvalue weighted by molar-refractivity contribution is 9.10. The Kier molecular flexibility index (Phi) is 4.34. The lowest BCUT2D eigenvalue weighted by molar-refractivity contribution is 0.299. The van der Waals surface area contributed by atoms with Gasteiger partial charge in [0.2, 0.25) is 5.95 Å². The van der Waals surface area contributed by atoms with Crippen LogP contribution >= 0.6 is 15.9 Å². The monoisotopic (exact) mass is 322 g/mol. The van der Waals surface area contributed by atoms with Crippen molar-refractivity contribution in [3.63, 3.8) is 0 Å². The second-order valence-corrected chi connectivity index (χ2v) is 4.92. The molecular weight excluding hydrogens is 308 g/mol. The summed E-state index contributed by atoms with van der Waals surface area (Å²) in [6, 6.07) is 7.80. The quantitative estimate of drug-likeness (QED) is 0.805. The molecule has 0 amide bonds. The molecule has 0 saturated carbocycles. The van der Waals surface area contributed by atoms with Crippen LogP contribution in [0.1, 0.15) is 11.3 Å². The molecule has 5 nitrogen and oxygen atoms in total. The molecular formula is C13H15BrN4O. The highest BCUT2D eigenvalue weighted by atomic mass is 79.9. The summed E-state index contributed by atoms with van der Waals surface area (Å²) in [5, 5.41) is 12.1. The minimum absolute atomic E-state index is 0.153. The fourth-order valence-corrected chi connectivity index (χ4v) is 1.96. The maximum atomic E-state index is 8.87. The van der Waals surface area contributed by atoms with Crippen molar-refractivity contribution in [1.82, 2.24) is 9.97 Å². The number of nitrogens with one attached hydrogen (secondary N) is 1. The summed E-state index contributed by atoms with van der Waals surface area (Å²) in [5.41, 5.74) is 8.41. The van der Waals surface area contributed by atoms with E-state index in [4.69, 9.17) is 10.8 Å². The Morgan fingerprint density at radius 3 is 2.58 bits per heavy atom. The Hall–Kier alpha value is -1.66. The number of nitrogens with zero attached hydrogens (tertiary/aromatic N) is 2. The molecule has 1 aromatic carbocycles.